The van der Waals surface area contributed by atoms with Crippen molar-refractivity contribution in [2.24, 2.45) is 0 Å². The molecule has 0 unspecified atom stereocenters. The monoisotopic (exact) mass is 243 g/mol. The zero-order chi connectivity index (χ0) is 12.6. The fraction of sp³-hybridized carbons (Fsp3) is 0. The predicted octanol–water partition coefficient (Wildman–Crippen LogP) is 3.85. The van der Waals surface area contributed by atoms with E-state index in [-0.39, 0.29) is 0 Å². The second-order valence-corrected chi connectivity index (χ2v) is 3.29. The van der Waals surface area contributed by atoms with Crippen LogP contribution in [-0.4, -0.2) is 0 Å². The molecule has 0 atom stereocenters. The Hall–Kier alpha value is -1.91. The summed E-state index contributed by atoms with van der Waals surface area (Å²) in [6, 6.07) is 3.90. The summed E-state index contributed by atoms with van der Waals surface area (Å²) in [5.74, 6) is -5.74. The topological polar surface area (TPSA) is 0 Å². The summed E-state index contributed by atoms with van der Waals surface area (Å²) in [5, 5.41) is 0. The van der Waals surface area contributed by atoms with Crippen LogP contribution in [-0.2, 0) is 0 Å². The molecule has 0 amide bonds. The fourth-order valence-electron chi connectivity index (χ4n) is 1.44. The average molecular weight is 243 g/mol. The molecule has 0 heterocycles. The van der Waals surface area contributed by atoms with E-state index < -0.39 is 40.2 Å². The van der Waals surface area contributed by atoms with E-state index in [0.717, 1.165) is 0 Å². The lowest BCUT2D eigenvalue weighted by atomic mass is 10.0. The molecule has 0 aliphatic rings. The van der Waals surface area contributed by atoms with Crippen LogP contribution in [0.2, 0.25) is 0 Å². The highest BCUT2D eigenvalue weighted by molar-refractivity contribution is 5.65. The summed E-state index contributed by atoms with van der Waals surface area (Å²) < 4.78 is 65.4. The zero-order valence-electron chi connectivity index (χ0n) is 8.20. The maximum atomic E-state index is 13.3. The molecule has 0 saturated heterocycles. The second kappa shape index (κ2) is 4.16. The minimum Gasteiger partial charge on any atom is -0.207 e. The molecule has 0 spiro atoms. The highest BCUT2D eigenvalue weighted by Gasteiger charge is 2.17. The lowest BCUT2D eigenvalue weighted by Gasteiger charge is -2.06. The Morgan fingerprint density at radius 3 is 1.94 bits per heavy atom. The molecular formula is C12H4F5. The van der Waals surface area contributed by atoms with Crippen molar-refractivity contribution >= 4 is 0 Å². The smallest absolute Gasteiger partial charge is 0.136 e. The van der Waals surface area contributed by atoms with E-state index in [1.807, 2.05) is 6.07 Å². The van der Waals surface area contributed by atoms with Gasteiger partial charge in [-0.3, -0.25) is 0 Å². The third kappa shape index (κ3) is 2.13. The first-order valence-electron chi connectivity index (χ1n) is 4.50. The summed E-state index contributed by atoms with van der Waals surface area (Å²) in [5.41, 5.74) is -1.42. The number of hydrogen-bond donors (Lipinski definition) is 0. The van der Waals surface area contributed by atoms with Gasteiger partial charge in [0.05, 0.1) is 5.56 Å². The van der Waals surface area contributed by atoms with Crippen LogP contribution in [0.15, 0.2) is 24.3 Å². The van der Waals surface area contributed by atoms with Crippen molar-refractivity contribution in [3.05, 3.63) is 59.4 Å². The molecular weight excluding hydrogens is 239 g/mol. The molecule has 0 saturated carbocycles. The molecule has 0 aliphatic carbocycles. The standard InChI is InChI=1S/C12H4F5/c13-6-1-2-9(15)8(3-6)12-10(16)4-7(14)5-11(12)17/h2-5H. The van der Waals surface area contributed by atoms with Gasteiger partial charge < -0.3 is 0 Å². The first-order chi connectivity index (χ1) is 7.99. The van der Waals surface area contributed by atoms with E-state index in [4.69, 9.17) is 0 Å². The maximum Gasteiger partial charge on any atom is 0.136 e. The van der Waals surface area contributed by atoms with E-state index in [9.17, 15) is 22.0 Å². The average Bonchev–Trinajstić information content (AvgIpc) is 2.21. The van der Waals surface area contributed by atoms with Crippen LogP contribution in [0.1, 0.15) is 0 Å². The van der Waals surface area contributed by atoms with Gasteiger partial charge in [-0.25, -0.2) is 22.0 Å². The Balaban J connectivity index is 2.72. The highest BCUT2D eigenvalue weighted by atomic mass is 19.2. The Morgan fingerprint density at radius 1 is 0.765 bits per heavy atom. The summed E-state index contributed by atoms with van der Waals surface area (Å²) in [4.78, 5) is 0. The Kier molecular flexibility index (Phi) is 2.83. The van der Waals surface area contributed by atoms with Crippen LogP contribution in [0.3, 0.4) is 0 Å². The Morgan fingerprint density at radius 2 is 1.35 bits per heavy atom. The van der Waals surface area contributed by atoms with Gasteiger partial charge in [0.1, 0.15) is 29.1 Å². The molecule has 0 fully saturated rings. The van der Waals surface area contributed by atoms with Crippen molar-refractivity contribution in [2.45, 2.75) is 0 Å². The maximum absolute atomic E-state index is 13.3. The first-order valence-corrected chi connectivity index (χ1v) is 4.50. The van der Waals surface area contributed by atoms with Gasteiger partial charge in [-0.1, -0.05) is 0 Å². The number of halogens is 5. The van der Waals surface area contributed by atoms with Crippen LogP contribution < -0.4 is 0 Å². The van der Waals surface area contributed by atoms with Gasteiger partial charge in [0.25, 0.3) is 0 Å². The van der Waals surface area contributed by atoms with Gasteiger partial charge in [-0.15, -0.1) is 0 Å². The van der Waals surface area contributed by atoms with E-state index in [1.165, 1.54) is 0 Å². The molecule has 1 radical (unpaired) electrons. The third-order valence-corrected chi connectivity index (χ3v) is 2.14. The summed E-state index contributed by atoms with van der Waals surface area (Å²) in [6.07, 6.45) is 0. The Bertz CT molecular complexity index is 554. The van der Waals surface area contributed by atoms with Gasteiger partial charge in [0, 0.05) is 23.8 Å². The molecule has 17 heavy (non-hydrogen) atoms. The van der Waals surface area contributed by atoms with Crippen molar-refractivity contribution in [2.75, 3.05) is 0 Å². The van der Waals surface area contributed by atoms with Gasteiger partial charge >= 0.3 is 0 Å². The van der Waals surface area contributed by atoms with Gasteiger partial charge in [0.15, 0.2) is 0 Å². The minimum absolute atomic E-state index is 0.395. The Labute approximate surface area is 93.3 Å². The van der Waals surface area contributed by atoms with Crippen LogP contribution in [0.4, 0.5) is 22.0 Å². The van der Waals surface area contributed by atoms with Crippen molar-refractivity contribution in [1.29, 1.82) is 0 Å². The number of hydrogen-bond acceptors (Lipinski definition) is 0. The number of benzene rings is 2. The fourth-order valence-corrected chi connectivity index (χ4v) is 1.44. The molecule has 87 valence electrons. The van der Waals surface area contributed by atoms with Crippen LogP contribution in [0.25, 0.3) is 11.1 Å². The third-order valence-electron chi connectivity index (χ3n) is 2.14. The van der Waals surface area contributed by atoms with Crippen molar-refractivity contribution in [1.82, 2.24) is 0 Å². The predicted molar refractivity (Wildman–Crippen MR) is 50.5 cm³/mol. The van der Waals surface area contributed by atoms with E-state index in [2.05, 4.69) is 0 Å². The van der Waals surface area contributed by atoms with Crippen LogP contribution in [0, 0.1) is 35.2 Å². The summed E-state index contributed by atoms with van der Waals surface area (Å²) >= 11 is 0. The van der Waals surface area contributed by atoms with Crippen molar-refractivity contribution in [3.63, 3.8) is 0 Å². The molecule has 0 bridgehead atoms. The molecule has 0 nitrogen and oxygen atoms in total. The summed E-state index contributed by atoms with van der Waals surface area (Å²) in [7, 11) is 0. The second-order valence-electron chi connectivity index (χ2n) is 3.29. The van der Waals surface area contributed by atoms with Gasteiger partial charge in [0.2, 0.25) is 0 Å². The molecule has 2 aromatic carbocycles. The summed E-state index contributed by atoms with van der Waals surface area (Å²) in [6.45, 7) is 0. The molecule has 2 rings (SSSR count). The van der Waals surface area contributed by atoms with E-state index >= 15 is 0 Å². The largest absolute Gasteiger partial charge is 0.207 e. The van der Waals surface area contributed by atoms with E-state index in [1.54, 1.807) is 0 Å². The minimum atomic E-state index is -1.30. The quantitative estimate of drug-likeness (QED) is 0.667. The highest BCUT2D eigenvalue weighted by Crippen LogP contribution is 2.29. The van der Waals surface area contributed by atoms with Crippen LogP contribution in [0.5, 0.6) is 0 Å². The molecule has 0 N–H and O–H groups in total. The molecule has 5 heteroatoms. The van der Waals surface area contributed by atoms with Crippen molar-refractivity contribution < 1.29 is 22.0 Å². The molecule has 2 aromatic rings. The SMILES string of the molecule is Fc1[c]cc(F)c(-c2c(F)cc(F)cc2F)c1. The van der Waals surface area contributed by atoms with Crippen molar-refractivity contribution in [3.8, 4) is 11.1 Å². The zero-order valence-corrected chi connectivity index (χ0v) is 8.20. The normalized spacial score (nSPS) is 10.6. The molecule has 0 aromatic heterocycles. The lowest BCUT2D eigenvalue weighted by molar-refractivity contribution is 0.544. The van der Waals surface area contributed by atoms with Gasteiger partial charge in [-0.2, -0.15) is 0 Å². The van der Waals surface area contributed by atoms with E-state index in [0.29, 0.717) is 24.3 Å². The van der Waals surface area contributed by atoms with Crippen LogP contribution >= 0.6 is 0 Å². The van der Waals surface area contributed by atoms with Gasteiger partial charge in [-0.05, 0) is 12.1 Å². The lowest BCUT2D eigenvalue weighted by Crippen LogP contribution is -1.95. The first kappa shape index (κ1) is 11.6. The molecule has 0 aliphatic heterocycles. The number of rotatable bonds is 1.